The number of phosphoric ester groups is 1. The van der Waals surface area contributed by atoms with Crippen molar-refractivity contribution in [1.82, 2.24) is 5.32 Å². The number of nitrogens with one attached hydrogen (secondary N) is 1. The van der Waals surface area contributed by atoms with Gasteiger partial charge in [0.15, 0.2) is 0 Å². The third kappa shape index (κ3) is 59.3. The van der Waals surface area contributed by atoms with E-state index in [2.05, 4.69) is 123 Å². The second kappa shape index (κ2) is 58.9. The summed E-state index contributed by atoms with van der Waals surface area (Å²) >= 11 is 0. The lowest BCUT2D eigenvalue weighted by atomic mass is 10.0. The van der Waals surface area contributed by atoms with E-state index in [1.165, 1.54) is 103 Å². The normalized spacial score (nSPS) is 14.3. The Bertz CT molecular complexity index is 1740. The van der Waals surface area contributed by atoms with Gasteiger partial charge in [-0.2, -0.15) is 0 Å². The number of ether oxygens (including phenoxy) is 1. The maximum absolute atomic E-state index is 13.6. The van der Waals surface area contributed by atoms with Crippen molar-refractivity contribution in [2.24, 2.45) is 0 Å². The molecule has 0 aromatic carbocycles. The smallest absolute Gasteiger partial charge is 0.456 e. The Morgan fingerprint density at radius 1 is 0.450 bits per heavy atom. The molecule has 2 N–H and O–H groups in total. The minimum absolute atomic E-state index is 0.0311. The van der Waals surface area contributed by atoms with E-state index in [-0.39, 0.29) is 31.5 Å². The molecule has 0 spiro atoms. The number of unbranched alkanes of at least 4 members (excludes halogenated alkanes) is 26. The van der Waals surface area contributed by atoms with E-state index >= 15 is 0 Å². The number of esters is 1. The molecule has 3 unspecified atom stereocenters. The Morgan fingerprint density at radius 2 is 0.800 bits per heavy atom. The van der Waals surface area contributed by atoms with Crippen molar-refractivity contribution >= 4 is 19.7 Å². The molecule has 460 valence electrons. The molecule has 0 aromatic rings. The number of likely N-dealkylation sites (N-methyl/N-ethyl adjacent to an activating group) is 1. The van der Waals surface area contributed by atoms with E-state index in [0.717, 1.165) is 128 Å². The fraction of sp³-hybridized carbons (Fsp3) is 0.714. The van der Waals surface area contributed by atoms with Gasteiger partial charge in [0.1, 0.15) is 19.3 Å². The predicted octanol–water partition coefficient (Wildman–Crippen LogP) is 20.5. The van der Waals surface area contributed by atoms with Crippen LogP contribution in [0, 0.1) is 0 Å². The number of amides is 1. The summed E-state index contributed by atoms with van der Waals surface area (Å²) in [6, 6.07) is -0.866. The van der Waals surface area contributed by atoms with E-state index in [1.54, 1.807) is 0 Å². The minimum atomic E-state index is -4.46. The van der Waals surface area contributed by atoms with Gasteiger partial charge >= 0.3 is 13.8 Å². The number of allylic oxidation sites excluding steroid dienone is 17. The first kappa shape index (κ1) is 76.7. The van der Waals surface area contributed by atoms with Crippen molar-refractivity contribution in [2.45, 2.75) is 283 Å². The van der Waals surface area contributed by atoms with Crippen molar-refractivity contribution in [3.05, 3.63) is 109 Å². The van der Waals surface area contributed by atoms with Gasteiger partial charge < -0.3 is 19.4 Å². The minimum Gasteiger partial charge on any atom is -0.456 e. The summed E-state index contributed by atoms with van der Waals surface area (Å²) in [5, 5.41) is 3.05. The highest BCUT2D eigenvalue weighted by Crippen LogP contribution is 2.43. The lowest BCUT2D eigenvalue weighted by molar-refractivity contribution is -0.870. The van der Waals surface area contributed by atoms with Crippen molar-refractivity contribution in [2.75, 3.05) is 40.9 Å². The zero-order valence-electron chi connectivity index (χ0n) is 52.5. The van der Waals surface area contributed by atoms with Gasteiger partial charge in [-0.25, -0.2) is 4.57 Å². The highest BCUT2D eigenvalue weighted by atomic mass is 31.2. The van der Waals surface area contributed by atoms with E-state index in [9.17, 15) is 19.0 Å². The van der Waals surface area contributed by atoms with Crippen LogP contribution in [0.3, 0.4) is 0 Å². The Morgan fingerprint density at radius 3 is 1.20 bits per heavy atom. The van der Waals surface area contributed by atoms with Crippen LogP contribution in [0.2, 0.25) is 0 Å². The zero-order valence-corrected chi connectivity index (χ0v) is 53.4. The summed E-state index contributed by atoms with van der Waals surface area (Å²) in [4.78, 5) is 37.8. The quantitative estimate of drug-likeness (QED) is 0.0205. The van der Waals surface area contributed by atoms with Gasteiger partial charge in [-0.1, -0.05) is 259 Å². The molecule has 0 aliphatic heterocycles. The maximum atomic E-state index is 13.6. The molecule has 0 fully saturated rings. The average Bonchev–Trinajstić information content (AvgIpc) is 3.42. The standard InChI is InChI=1S/C70H123N2O7P/c1-7-10-13-16-19-22-25-28-30-31-32-33-34-35-36-37-38-39-40-41-42-44-47-50-53-56-59-62-69(73)71-67(66-78-80(75,76)77-65-64-72(4,5)6)68(61-58-55-52-49-46-43-27-24-21-18-15-12-9-3)79-70(74)63-60-57-54-51-48-45-29-26-23-20-17-14-11-8-2/h10-11,13-14,19-20,22-23,28-30,32-33,35-36,45,58,61,67-68H,7-9,12,15-18,21,24-27,31,34,37-44,46-57,59-60,62-66H2,1-6H3,(H-,71,73,75,76)/p+1/b13-10-,14-11+,22-19-,23-20+,30-28-,33-32-,36-35-,45-29+,61-58-. The monoisotopic (exact) mass is 1140 g/mol. The molecular formula is C70H124N2O7P+. The molecule has 0 rings (SSSR count). The van der Waals surface area contributed by atoms with Crippen LogP contribution in [0.4, 0.5) is 0 Å². The Hall–Kier alpha value is -3.33. The summed E-state index contributed by atoms with van der Waals surface area (Å²) in [6.07, 6.45) is 80.9. The number of carbonyl (C=O) groups excluding carboxylic acids is 2. The maximum Gasteiger partial charge on any atom is 0.472 e. The molecule has 0 radical (unpaired) electrons. The molecule has 0 saturated heterocycles. The molecule has 1 amide bonds. The van der Waals surface area contributed by atoms with Gasteiger partial charge in [0.2, 0.25) is 5.91 Å². The molecule has 0 heterocycles. The number of nitrogens with zero attached hydrogens (tertiary/aromatic N) is 1. The van der Waals surface area contributed by atoms with Crippen LogP contribution in [-0.2, 0) is 27.9 Å². The molecule has 0 aliphatic rings. The summed E-state index contributed by atoms with van der Waals surface area (Å²) in [7, 11) is 1.47. The van der Waals surface area contributed by atoms with Gasteiger partial charge in [-0.3, -0.25) is 18.6 Å². The molecule has 80 heavy (non-hydrogen) atoms. The SMILES string of the molecule is CC/C=C\C/C=C\C/C=C\C/C=C\C/C=C\CCCCCCCCCCCCCC(=O)NC(COP(=O)(O)OCC[N+](C)(C)C)C(/C=C\CCCCCCCCCCCCC)OC(=O)CCCCCC/C=C/C/C=C/C/C=C/CC. The third-order valence-electron chi connectivity index (χ3n) is 14.0. The highest BCUT2D eigenvalue weighted by Gasteiger charge is 2.30. The number of rotatable bonds is 58. The molecular weight excluding hydrogens is 1010 g/mol. The second-order valence-corrected chi connectivity index (χ2v) is 24.3. The Balaban J connectivity index is 5.13. The van der Waals surface area contributed by atoms with E-state index < -0.39 is 20.0 Å². The second-order valence-electron chi connectivity index (χ2n) is 22.9. The van der Waals surface area contributed by atoms with Crippen LogP contribution < -0.4 is 5.32 Å². The number of carbonyl (C=O) groups is 2. The largest absolute Gasteiger partial charge is 0.472 e. The zero-order chi connectivity index (χ0) is 58.6. The van der Waals surface area contributed by atoms with E-state index in [1.807, 2.05) is 33.3 Å². The van der Waals surface area contributed by atoms with Gasteiger partial charge in [0.25, 0.3) is 0 Å². The lowest BCUT2D eigenvalue weighted by Crippen LogP contribution is -2.47. The van der Waals surface area contributed by atoms with Gasteiger partial charge in [0, 0.05) is 12.8 Å². The van der Waals surface area contributed by atoms with Gasteiger partial charge in [-0.05, 0) is 109 Å². The number of hydrogen-bond acceptors (Lipinski definition) is 6. The number of phosphoric acid groups is 1. The molecule has 10 heteroatoms. The predicted molar refractivity (Wildman–Crippen MR) is 346 cm³/mol. The molecule has 0 saturated carbocycles. The summed E-state index contributed by atoms with van der Waals surface area (Å²) in [5.41, 5.74) is 0. The Kier molecular flexibility index (Phi) is 56.4. The summed E-state index contributed by atoms with van der Waals surface area (Å²) in [5.74, 6) is -0.537. The lowest BCUT2D eigenvalue weighted by Gasteiger charge is -2.27. The molecule has 9 nitrogen and oxygen atoms in total. The van der Waals surface area contributed by atoms with Gasteiger partial charge in [-0.15, -0.1) is 0 Å². The first-order valence-corrected chi connectivity index (χ1v) is 34.2. The van der Waals surface area contributed by atoms with Crippen LogP contribution in [0.15, 0.2) is 109 Å². The number of hydrogen-bond donors (Lipinski definition) is 2. The van der Waals surface area contributed by atoms with Gasteiger partial charge in [0.05, 0.1) is 33.8 Å². The average molecular weight is 1140 g/mol. The Labute approximate surface area is 493 Å². The fourth-order valence-electron chi connectivity index (χ4n) is 8.98. The van der Waals surface area contributed by atoms with E-state index in [0.29, 0.717) is 23.9 Å². The van der Waals surface area contributed by atoms with E-state index in [4.69, 9.17) is 13.8 Å². The van der Waals surface area contributed by atoms with Crippen LogP contribution >= 0.6 is 7.82 Å². The van der Waals surface area contributed by atoms with Crippen molar-refractivity contribution in [3.63, 3.8) is 0 Å². The van der Waals surface area contributed by atoms with Crippen LogP contribution in [0.25, 0.3) is 0 Å². The summed E-state index contributed by atoms with van der Waals surface area (Å²) < 4.78 is 30.7. The summed E-state index contributed by atoms with van der Waals surface area (Å²) in [6.45, 7) is 6.77. The molecule has 0 aliphatic carbocycles. The van der Waals surface area contributed by atoms with Crippen LogP contribution in [0.5, 0.6) is 0 Å². The van der Waals surface area contributed by atoms with Crippen molar-refractivity contribution in [1.29, 1.82) is 0 Å². The van der Waals surface area contributed by atoms with Crippen molar-refractivity contribution in [3.8, 4) is 0 Å². The molecule has 0 bridgehead atoms. The fourth-order valence-corrected chi connectivity index (χ4v) is 9.72. The first-order chi connectivity index (χ1) is 38.9. The number of quaternary nitrogens is 1. The molecule has 3 atom stereocenters. The van der Waals surface area contributed by atoms with Crippen LogP contribution in [-0.4, -0.2) is 74.3 Å². The highest BCUT2D eigenvalue weighted by molar-refractivity contribution is 7.47. The molecule has 0 aromatic heterocycles. The van der Waals surface area contributed by atoms with Crippen molar-refractivity contribution < 1.29 is 37.3 Å². The van der Waals surface area contributed by atoms with Crippen LogP contribution in [0.1, 0.15) is 271 Å². The topological polar surface area (TPSA) is 111 Å². The first-order valence-electron chi connectivity index (χ1n) is 32.7. The third-order valence-corrected chi connectivity index (χ3v) is 14.9.